The van der Waals surface area contributed by atoms with Crippen molar-refractivity contribution in [2.24, 2.45) is 5.10 Å². The largest absolute Gasteiger partial charge is 0.482 e. The van der Waals surface area contributed by atoms with Gasteiger partial charge in [0.15, 0.2) is 6.61 Å². The van der Waals surface area contributed by atoms with Crippen LogP contribution < -0.4 is 15.1 Å². The number of hydrogen-bond donors (Lipinski definition) is 1. The summed E-state index contributed by atoms with van der Waals surface area (Å²) in [6.45, 7) is 9.43. The van der Waals surface area contributed by atoms with Crippen molar-refractivity contribution < 1.29 is 9.53 Å². The highest BCUT2D eigenvalue weighted by Gasteiger charge is 2.29. The third-order valence-electron chi connectivity index (χ3n) is 4.97. The van der Waals surface area contributed by atoms with Gasteiger partial charge in [-0.2, -0.15) is 5.10 Å². The first-order chi connectivity index (χ1) is 14.2. The van der Waals surface area contributed by atoms with Gasteiger partial charge in [-0.05, 0) is 69.2 Å². The number of anilines is 1. The number of amides is 1. The van der Waals surface area contributed by atoms with E-state index < -0.39 is 0 Å². The fourth-order valence-corrected chi connectivity index (χ4v) is 4.17. The molecule has 1 aliphatic rings. The molecule has 0 spiro atoms. The Morgan fingerprint density at radius 1 is 1.23 bits per heavy atom. The molecule has 0 aliphatic carbocycles. The van der Waals surface area contributed by atoms with Crippen LogP contribution in [0.1, 0.15) is 38.8 Å². The van der Waals surface area contributed by atoms with Crippen LogP contribution in [0.25, 0.3) is 5.57 Å². The zero-order valence-corrected chi connectivity index (χ0v) is 19.0. The number of carbonyl (C=O) groups is 1. The lowest BCUT2D eigenvalue weighted by molar-refractivity contribution is -0.123. The predicted octanol–water partition coefficient (Wildman–Crippen LogP) is 5.54. The summed E-state index contributed by atoms with van der Waals surface area (Å²) >= 11 is 11.9. The van der Waals surface area contributed by atoms with Crippen molar-refractivity contribution in [3.8, 4) is 5.75 Å². The summed E-state index contributed by atoms with van der Waals surface area (Å²) in [6.07, 6.45) is 3.90. The van der Waals surface area contributed by atoms with Gasteiger partial charge in [-0.25, -0.2) is 5.43 Å². The Morgan fingerprint density at radius 3 is 2.70 bits per heavy atom. The molecule has 7 heteroatoms. The first kappa shape index (κ1) is 22.2. The zero-order chi connectivity index (χ0) is 21.9. The zero-order valence-electron chi connectivity index (χ0n) is 17.5. The van der Waals surface area contributed by atoms with E-state index in [1.807, 2.05) is 6.07 Å². The molecule has 30 heavy (non-hydrogen) atoms. The number of hydrazone groups is 1. The fourth-order valence-electron chi connectivity index (χ4n) is 3.71. The Kier molecular flexibility index (Phi) is 6.74. The van der Waals surface area contributed by atoms with Crippen molar-refractivity contribution in [1.82, 2.24) is 5.43 Å². The van der Waals surface area contributed by atoms with E-state index in [-0.39, 0.29) is 18.1 Å². The molecule has 158 valence electrons. The second kappa shape index (κ2) is 9.11. The van der Waals surface area contributed by atoms with Gasteiger partial charge in [0.25, 0.3) is 5.91 Å². The summed E-state index contributed by atoms with van der Waals surface area (Å²) in [5.41, 5.74) is 6.95. The van der Waals surface area contributed by atoms with Crippen molar-refractivity contribution in [3.63, 3.8) is 0 Å². The van der Waals surface area contributed by atoms with E-state index in [0.717, 1.165) is 12.1 Å². The molecule has 0 radical (unpaired) electrons. The topological polar surface area (TPSA) is 53.9 Å². The Balaban J connectivity index is 1.63. The molecule has 2 aromatic rings. The molecule has 0 bridgehead atoms. The van der Waals surface area contributed by atoms with Crippen molar-refractivity contribution in [3.05, 3.63) is 63.6 Å². The molecule has 2 aromatic carbocycles. The van der Waals surface area contributed by atoms with Gasteiger partial charge >= 0.3 is 0 Å². The average molecular weight is 446 g/mol. The van der Waals surface area contributed by atoms with Gasteiger partial charge in [0.2, 0.25) is 0 Å². The second-order valence-electron chi connectivity index (χ2n) is 7.66. The van der Waals surface area contributed by atoms with Crippen LogP contribution in [0, 0.1) is 0 Å². The number of carbonyl (C=O) groups excluding carboxylic acids is 1. The minimum Gasteiger partial charge on any atom is -0.482 e. The first-order valence-electron chi connectivity index (χ1n) is 9.72. The maximum Gasteiger partial charge on any atom is 0.277 e. The molecule has 1 heterocycles. The van der Waals surface area contributed by atoms with Gasteiger partial charge in [-0.15, -0.1) is 0 Å². The predicted molar refractivity (Wildman–Crippen MR) is 125 cm³/mol. The lowest BCUT2D eigenvalue weighted by atomic mass is 9.88. The number of allylic oxidation sites excluding steroid dienone is 1. The molecule has 5 nitrogen and oxygen atoms in total. The maximum absolute atomic E-state index is 12.0. The molecular weight excluding hydrogens is 421 g/mol. The number of halogens is 2. The molecule has 1 N–H and O–H groups in total. The Hall–Kier alpha value is -2.50. The normalized spacial score (nSPS) is 15.0. The summed E-state index contributed by atoms with van der Waals surface area (Å²) in [4.78, 5) is 14.4. The van der Waals surface area contributed by atoms with Crippen molar-refractivity contribution in [2.45, 2.75) is 33.2 Å². The number of rotatable bonds is 6. The molecule has 0 aromatic heterocycles. The molecule has 3 rings (SSSR count). The summed E-state index contributed by atoms with van der Waals surface area (Å²) in [5.74, 6) is 0.00533. The molecule has 0 saturated carbocycles. The molecule has 0 saturated heterocycles. The number of nitrogens with one attached hydrogen (secondary N) is 1. The third kappa shape index (κ3) is 4.97. The van der Waals surface area contributed by atoms with Crippen molar-refractivity contribution >= 4 is 46.6 Å². The van der Waals surface area contributed by atoms with E-state index in [4.69, 9.17) is 27.9 Å². The standard InChI is InChI=1S/C23H25Cl2N3O2/c1-5-28-20-8-6-16(10-18(20)15(2)12-23(28,3)4)13-26-27-22(29)14-30-21-9-7-17(24)11-19(21)25/h6-13H,5,14H2,1-4H3,(H,27,29)/b26-13-. The number of nitrogens with zero attached hydrogens (tertiary/aromatic N) is 2. The molecular formula is C23H25Cl2N3O2. The Bertz CT molecular complexity index is 1020. The SMILES string of the molecule is CCN1c2ccc(/C=N\NC(=O)COc3ccc(Cl)cc3Cl)cc2C(C)=CC1(C)C. The summed E-state index contributed by atoms with van der Waals surface area (Å²) in [5, 5.41) is 4.89. The lowest BCUT2D eigenvalue weighted by Gasteiger charge is -2.42. The quantitative estimate of drug-likeness (QED) is 0.468. The van der Waals surface area contributed by atoms with Crippen LogP contribution in [0.5, 0.6) is 5.75 Å². The van der Waals surface area contributed by atoms with Gasteiger partial charge < -0.3 is 9.64 Å². The van der Waals surface area contributed by atoms with Crippen LogP contribution in [0.2, 0.25) is 10.0 Å². The number of hydrogen-bond acceptors (Lipinski definition) is 4. The maximum atomic E-state index is 12.0. The monoisotopic (exact) mass is 445 g/mol. The molecule has 0 atom stereocenters. The summed E-state index contributed by atoms with van der Waals surface area (Å²) in [7, 11) is 0. The highest BCUT2D eigenvalue weighted by Crippen LogP contribution is 2.38. The van der Waals surface area contributed by atoms with Crippen LogP contribution >= 0.6 is 23.2 Å². The van der Waals surface area contributed by atoms with Gasteiger partial charge in [0, 0.05) is 22.8 Å². The van der Waals surface area contributed by atoms with E-state index >= 15 is 0 Å². The molecule has 1 amide bonds. The van der Waals surface area contributed by atoms with E-state index in [1.54, 1.807) is 24.4 Å². The van der Waals surface area contributed by atoms with Crippen molar-refractivity contribution in [1.29, 1.82) is 0 Å². The Morgan fingerprint density at radius 2 is 2.00 bits per heavy atom. The second-order valence-corrected chi connectivity index (χ2v) is 8.50. The van der Waals surface area contributed by atoms with Crippen LogP contribution in [0.4, 0.5) is 5.69 Å². The Labute approximate surface area is 187 Å². The molecule has 0 unspecified atom stereocenters. The number of ether oxygens (including phenoxy) is 1. The van der Waals surface area contributed by atoms with E-state index in [2.05, 4.69) is 61.3 Å². The number of fused-ring (bicyclic) bond motifs is 1. The molecule has 1 aliphatic heterocycles. The summed E-state index contributed by atoms with van der Waals surface area (Å²) in [6, 6.07) is 11.0. The van der Waals surface area contributed by atoms with Gasteiger partial charge in [-0.3, -0.25) is 4.79 Å². The summed E-state index contributed by atoms with van der Waals surface area (Å²) < 4.78 is 5.40. The molecule has 0 fully saturated rings. The van der Waals surface area contributed by atoms with E-state index in [1.165, 1.54) is 16.8 Å². The van der Waals surface area contributed by atoms with E-state index in [9.17, 15) is 4.79 Å². The first-order valence-corrected chi connectivity index (χ1v) is 10.5. The lowest BCUT2D eigenvalue weighted by Crippen LogP contribution is -2.44. The highest BCUT2D eigenvalue weighted by atomic mass is 35.5. The fraction of sp³-hybridized carbons (Fsp3) is 0.304. The minimum atomic E-state index is -0.384. The van der Waals surface area contributed by atoms with Crippen LogP contribution in [-0.4, -0.2) is 30.8 Å². The third-order valence-corrected chi connectivity index (χ3v) is 5.50. The smallest absolute Gasteiger partial charge is 0.277 e. The number of likely N-dealkylation sites (N-methyl/N-ethyl adjacent to an activating group) is 1. The van der Waals surface area contributed by atoms with Gasteiger partial charge in [-0.1, -0.05) is 35.3 Å². The highest BCUT2D eigenvalue weighted by molar-refractivity contribution is 6.35. The van der Waals surface area contributed by atoms with Crippen LogP contribution in [-0.2, 0) is 4.79 Å². The minimum absolute atomic E-state index is 0.0254. The van der Waals surface area contributed by atoms with Gasteiger partial charge in [0.1, 0.15) is 5.75 Å². The number of benzene rings is 2. The van der Waals surface area contributed by atoms with Crippen molar-refractivity contribution in [2.75, 3.05) is 18.1 Å². The average Bonchev–Trinajstić information content (AvgIpc) is 2.67. The van der Waals surface area contributed by atoms with Gasteiger partial charge in [0.05, 0.1) is 16.8 Å². The van der Waals surface area contributed by atoms with Crippen LogP contribution in [0.15, 0.2) is 47.6 Å². The van der Waals surface area contributed by atoms with E-state index in [0.29, 0.717) is 15.8 Å². The van der Waals surface area contributed by atoms with Crippen LogP contribution in [0.3, 0.4) is 0 Å².